The summed E-state index contributed by atoms with van der Waals surface area (Å²) in [6, 6.07) is 0. The lowest BCUT2D eigenvalue weighted by atomic mass is 10.2. The van der Waals surface area contributed by atoms with Crippen molar-refractivity contribution in [3.8, 4) is 0 Å². The fourth-order valence-corrected chi connectivity index (χ4v) is 0.653. The first-order valence-corrected chi connectivity index (χ1v) is 4.15. The summed E-state index contributed by atoms with van der Waals surface area (Å²) in [4.78, 5) is 4.32. The molecule has 3 nitrogen and oxygen atoms in total. The van der Waals surface area contributed by atoms with Gasteiger partial charge in [0, 0.05) is 17.6 Å². The van der Waals surface area contributed by atoms with Gasteiger partial charge in [0.25, 0.3) is 0 Å². The van der Waals surface area contributed by atoms with Crippen molar-refractivity contribution in [2.24, 2.45) is 10.7 Å². The number of nitrogens with two attached hydrogens (primary N) is 1. The number of hydrogen-bond donors (Lipinski definition) is 2. The van der Waals surface area contributed by atoms with Crippen LogP contribution in [0.3, 0.4) is 0 Å². The minimum Gasteiger partial charge on any atom is -0.404 e. The second-order valence-electron chi connectivity index (χ2n) is 2.96. The lowest BCUT2D eigenvalue weighted by Gasteiger charge is -2.01. The Morgan fingerprint density at radius 3 is 2.15 bits per heavy atom. The van der Waals surface area contributed by atoms with Crippen LogP contribution in [0.15, 0.2) is 28.0 Å². The summed E-state index contributed by atoms with van der Waals surface area (Å²) >= 11 is 0. The number of nitrogens with zero attached hydrogens (tertiary/aromatic N) is 1. The van der Waals surface area contributed by atoms with Gasteiger partial charge in [-0.15, -0.1) is 0 Å². The van der Waals surface area contributed by atoms with Gasteiger partial charge in [-0.25, -0.2) is 0 Å². The van der Waals surface area contributed by atoms with E-state index in [1.54, 1.807) is 0 Å². The summed E-state index contributed by atoms with van der Waals surface area (Å²) in [5.74, 6) is 0. The van der Waals surface area contributed by atoms with Crippen molar-refractivity contribution in [3.05, 3.63) is 23.0 Å². The molecule has 0 radical (unpaired) electrons. The number of nitrogens with one attached hydrogen (secondary N) is 1. The molecular weight excluding hydrogens is 162 g/mol. The average Bonchev–Trinajstić information content (AvgIpc) is 2.14. The SMILES string of the molecule is CC(=C/N)/C(C)=N\C(C)=C(/C)C=N. The molecule has 0 aromatic rings. The Balaban J connectivity index is 4.87. The topological polar surface area (TPSA) is 62.2 Å². The summed E-state index contributed by atoms with van der Waals surface area (Å²) in [5, 5.41) is 7.04. The second-order valence-corrected chi connectivity index (χ2v) is 2.96. The Bertz CT molecular complexity index is 283. The molecule has 0 spiro atoms. The highest BCUT2D eigenvalue weighted by molar-refractivity contribution is 5.98. The Morgan fingerprint density at radius 2 is 1.77 bits per heavy atom. The Morgan fingerprint density at radius 1 is 1.23 bits per heavy atom. The molecule has 0 fully saturated rings. The van der Waals surface area contributed by atoms with E-state index in [9.17, 15) is 0 Å². The highest BCUT2D eigenvalue weighted by Gasteiger charge is 1.95. The van der Waals surface area contributed by atoms with Gasteiger partial charge in [0.2, 0.25) is 0 Å². The van der Waals surface area contributed by atoms with Gasteiger partial charge in [0.05, 0.1) is 0 Å². The van der Waals surface area contributed by atoms with Crippen molar-refractivity contribution in [2.75, 3.05) is 0 Å². The largest absolute Gasteiger partial charge is 0.404 e. The molecule has 3 heteroatoms. The van der Waals surface area contributed by atoms with E-state index in [4.69, 9.17) is 11.1 Å². The van der Waals surface area contributed by atoms with Crippen LogP contribution in [-0.4, -0.2) is 11.9 Å². The maximum absolute atomic E-state index is 7.04. The molecule has 0 aromatic carbocycles. The molecule has 0 saturated heterocycles. The highest BCUT2D eigenvalue weighted by atomic mass is 14.8. The van der Waals surface area contributed by atoms with Crippen LogP contribution in [0.1, 0.15) is 27.7 Å². The lowest BCUT2D eigenvalue weighted by molar-refractivity contribution is 1.24. The first-order chi connectivity index (χ1) is 6.02. The van der Waals surface area contributed by atoms with E-state index in [0.29, 0.717) is 0 Å². The van der Waals surface area contributed by atoms with Crippen molar-refractivity contribution in [3.63, 3.8) is 0 Å². The fraction of sp³-hybridized carbons (Fsp3) is 0.400. The molecule has 0 bridgehead atoms. The van der Waals surface area contributed by atoms with E-state index >= 15 is 0 Å². The third kappa shape index (κ3) is 3.69. The van der Waals surface area contributed by atoms with Crippen LogP contribution in [0, 0.1) is 5.41 Å². The maximum Gasteiger partial charge on any atom is 0.0420 e. The van der Waals surface area contributed by atoms with E-state index in [-0.39, 0.29) is 0 Å². The molecule has 0 atom stereocenters. The third-order valence-corrected chi connectivity index (χ3v) is 1.94. The normalized spacial score (nSPS) is 15.4. The van der Waals surface area contributed by atoms with Crippen LogP contribution < -0.4 is 5.73 Å². The van der Waals surface area contributed by atoms with Crippen LogP contribution in [0.4, 0.5) is 0 Å². The Hall–Kier alpha value is -1.38. The number of allylic oxidation sites excluding steroid dienone is 3. The molecule has 0 rings (SSSR count). The molecule has 3 N–H and O–H groups in total. The fourth-order valence-electron chi connectivity index (χ4n) is 0.653. The first kappa shape index (κ1) is 11.6. The van der Waals surface area contributed by atoms with Crippen LogP contribution in [0.5, 0.6) is 0 Å². The van der Waals surface area contributed by atoms with Crippen LogP contribution in [0.2, 0.25) is 0 Å². The van der Waals surface area contributed by atoms with Gasteiger partial charge >= 0.3 is 0 Å². The Labute approximate surface area is 79.6 Å². The minimum atomic E-state index is 0.855. The van der Waals surface area contributed by atoms with Crippen molar-refractivity contribution < 1.29 is 0 Å². The van der Waals surface area contributed by atoms with Gasteiger partial charge in [0.15, 0.2) is 0 Å². The molecule has 13 heavy (non-hydrogen) atoms. The molecule has 0 unspecified atom stereocenters. The van der Waals surface area contributed by atoms with E-state index in [2.05, 4.69) is 4.99 Å². The molecule has 0 heterocycles. The van der Waals surface area contributed by atoms with E-state index in [1.165, 1.54) is 12.4 Å². The van der Waals surface area contributed by atoms with Crippen LogP contribution in [-0.2, 0) is 0 Å². The molecule has 72 valence electrons. The molecule has 0 aliphatic heterocycles. The van der Waals surface area contributed by atoms with Crippen LogP contribution >= 0.6 is 0 Å². The highest BCUT2D eigenvalue weighted by Crippen LogP contribution is 2.05. The van der Waals surface area contributed by atoms with Crippen molar-refractivity contribution in [1.29, 1.82) is 5.41 Å². The van der Waals surface area contributed by atoms with Crippen molar-refractivity contribution >= 4 is 11.9 Å². The third-order valence-electron chi connectivity index (χ3n) is 1.94. The van der Waals surface area contributed by atoms with Crippen molar-refractivity contribution in [1.82, 2.24) is 0 Å². The monoisotopic (exact) mass is 179 g/mol. The minimum absolute atomic E-state index is 0.855. The first-order valence-electron chi connectivity index (χ1n) is 4.15. The molecule has 0 aliphatic rings. The van der Waals surface area contributed by atoms with Gasteiger partial charge in [-0.3, -0.25) is 4.99 Å². The van der Waals surface area contributed by atoms with E-state index < -0.39 is 0 Å². The average molecular weight is 179 g/mol. The Kier molecular flexibility index (Phi) is 4.74. The maximum atomic E-state index is 7.04. The summed E-state index contributed by atoms with van der Waals surface area (Å²) < 4.78 is 0. The van der Waals surface area contributed by atoms with Gasteiger partial charge in [0.1, 0.15) is 0 Å². The zero-order valence-electron chi connectivity index (χ0n) is 8.68. The summed E-state index contributed by atoms with van der Waals surface area (Å²) in [6.45, 7) is 7.56. The summed E-state index contributed by atoms with van der Waals surface area (Å²) in [6.07, 6.45) is 2.83. The summed E-state index contributed by atoms with van der Waals surface area (Å²) in [7, 11) is 0. The predicted molar refractivity (Wildman–Crippen MR) is 58.2 cm³/mol. The number of rotatable bonds is 3. The quantitative estimate of drug-likeness (QED) is 0.641. The molecule has 0 amide bonds. The van der Waals surface area contributed by atoms with Crippen molar-refractivity contribution in [2.45, 2.75) is 27.7 Å². The van der Waals surface area contributed by atoms with Gasteiger partial charge in [-0.05, 0) is 45.0 Å². The molecule has 0 aliphatic carbocycles. The number of hydrogen-bond acceptors (Lipinski definition) is 3. The standard InChI is InChI=1S/C10H17N3/c1-7(5-11)9(3)13-10(4)8(2)6-12/h5-6,11H,12H2,1-4H3/b8-6-,9-7+,11-5?,13-10-. The van der Waals surface area contributed by atoms with E-state index in [1.807, 2.05) is 27.7 Å². The zero-order valence-corrected chi connectivity index (χ0v) is 8.68. The summed E-state index contributed by atoms with van der Waals surface area (Å²) in [5.41, 5.74) is 8.92. The molecule has 0 aromatic heterocycles. The zero-order chi connectivity index (χ0) is 10.4. The van der Waals surface area contributed by atoms with Gasteiger partial charge < -0.3 is 11.1 Å². The predicted octanol–water partition coefficient (Wildman–Crippen LogP) is 2.25. The van der Waals surface area contributed by atoms with E-state index in [0.717, 1.165) is 22.6 Å². The molecular formula is C10H17N3. The van der Waals surface area contributed by atoms with Crippen LogP contribution in [0.25, 0.3) is 0 Å². The smallest absolute Gasteiger partial charge is 0.0420 e. The number of aliphatic imine (C=N–C) groups is 1. The lowest BCUT2D eigenvalue weighted by Crippen LogP contribution is -1.97. The molecule has 0 saturated carbocycles. The second kappa shape index (κ2) is 5.30. The van der Waals surface area contributed by atoms with Gasteiger partial charge in [-0.2, -0.15) is 0 Å². The van der Waals surface area contributed by atoms with Gasteiger partial charge in [-0.1, -0.05) is 0 Å².